The first kappa shape index (κ1) is 11.8. The third kappa shape index (κ3) is 2.38. The van der Waals surface area contributed by atoms with Crippen molar-refractivity contribution in [3.8, 4) is 0 Å². The summed E-state index contributed by atoms with van der Waals surface area (Å²) in [4.78, 5) is 4.66. The van der Waals surface area contributed by atoms with Gasteiger partial charge in [0.15, 0.2) is 0 Å². The van der Waals surface area contributed by atoms with Gasteiger partial charge in [0, 0.05) is 17.8 Å². The van der Waals surface area contributed by atoms with Crippen molar-refractivity contribution in [3.05, 3.63) is 48.0 Å². The van der Waals surface area contributed by atoms with Gasteiger partial charge in [-0.2, -0.15) is 0 Å². The molecule has 0 aliphatic rings. The Morgan fingerprint density at radius 2 is 1.76 bits per heavy atom. The highest BCUT2D eigenvalue weighted by atomic mass is 14.7. The van der Waals surface area contributed by atoms with E-state index in [0.29, 0.717) is 5.92 Å². The van der Waals surface area contributed by atoms with Crippen molar-refractivity contribution in [3.63, 3.8) is 0 Å². The highest BCUT2D eigenvalue weighted by molar-refractivity contribution is 6.11. The monoisotopic (exact) mass is 225 g/mol. The first-order valence-corrected chi connectivity index (χ1v) is 6.26. The normalized spacial score (nSPS) is 12.4. The molecule has 0 aliphatic carbocycles. The summed E-state index contributed by atoms with van der Waals surface area (Å²) in [6.07, 6.45) is 0. The van der Waals surface area contributed by atoms with Gasteiger partial charge in [-0.3, -0.25) is 4.99 Å². The molecule has 0 saturated carbocycles. The average molecular weight is 225 g/mol. The van der Waals surface area contributed by atoms with Crippen LogP contribution in [0, 0.1) is 5.92 Å². The minimum absolute atomic E-state index is 0.459. The molecule has 0 radical (unpaired) electrons. The Balaban J connectivity index is 2.65. The van der Waals surface area contributed by atoms with Crippen LogP contribution in [0.15, 0.2) is 47.5 Å². The second-order valence-electron chi connectivity index (χ2n) is 4.54. The third-order valence-electron chi connectivity index (χ3n) is 2.94. The number of hydrogen-bond acceptors (Lipinski definition) is 1. The molecule has 0 saturated heterocycles. The number of fused-ring (bicyclic) bond motifs is 1. The van der Waals surface area contributed by atoms with Crippen LogP contribution in [0.5, 0.6) is 0 Å². The summed E-state index contributed by atoms with van der Waals surface area (Å²) in [5.41, 5.74) is 2.49. The number of hydrogen-bond donors (Lipinski definition) is 0. The molecule has 0 aromatic heterocycles. The van der Waals surface area contributed by atoms with E-state index < -0.39 is 0 Å². The lowest BCUT2D eigenvalue weighted by Gasteiger charge is -2.13. The summed E-state index contributed by atoms with van der Waals surface area (Å²) in [7, 11) is 0. The zero-order valence-electron chi connectivity index (χ0n) is 10.8. The molecular formula is C16H19N. The van der Waals surface area contributed by atoms with Crippen LogP contribution >= 0.6 is 0 Å². The van der Waals surface area contributed by atoms with Gasteiger partial charge in [0.2, 0.25) is 0 Å². The topological polar surface area (TPSA) is 12.4 Å². The number of rotatable bonds is 3. The van der Waals surface area contributed by atoms with E-state index in [9.17, 15) is 0 Å². The van der Waals surface area contributed by atoms with E-state index in [4.69, 9.17) is 0 Å². The van der Waals surface area contributed by atoms with Crippen molar-refractivity contribution in [2.45, 2.75) is 20.8 Å². The van der Waals surface area contributed by atoms with Gasteiger partial charge in [-0.1, -0.05) is 56.3 Å². The molecule has 2 aromatic carbocycles. The summed E-state index contributed by atoms with van der Waals surface area (Å²) in [5, 5.41) is 2.59. The zero-order chi connectivity index (χ0) is 12.3. The summed E-state index contributed by atoms with van der Waals surface area (Å²) in [6.45, 7) is 7.34. The van der Waals surface area contributed by atoms with Gasteiger partial charge in [0.25, 0.3) is 0 Å². The van der Waals surface area contributed by atoms with Crippen LogP contribution < -0.4 is 0 Å². The zero-order valence-corrected chi connectivity index (χ0v) is 10.8. The molecule has 88 valence electrons. The maximum absolute atomic E-state index is 4.66. The fourth-order valence-corrected chi connectivity index (χ4v) is 2.20. The molecule has 0 fully saturated rings. The van der Waals surface area contributed by atoms with Crippen molar-refractivity contribution in [1.82, 2.24) is 0 Å². The molecule has 1 heteroatoms. The van der Waals surface area contributed by atoms with E-state index in [0.717, 1.165) is 6.54 Å². The lowest BCUT2D eigenvalue weighted by Crippen LogP contribution is -2.10. The molecule has 0 bridgehead atoms. The second-order valence-corrected chi connectivity index (χ2v) is 4.54. The first-order chi connectivity index (χ1) is 8.24. The molecule has 0 unspecified atom stereocenters. The van der Waals surface area contributed by atoms with Gasteiger partial charge in [-0.05, 0) is 23.6 Å². The van der Waals surface area contributed by atoms with Crippen LogP contribution in [-0.4, -0.2) is 12.3 Å². The van der Waals surface area contributed by atoms with E-state index in [1.165, 1.54) is 22.0 Å². The molecule has 0 atom stereocenters. The van der Waals surface area contributed by atoms with Crippen molar-refractivity contribution in [1.29, 1.82) is 0 Å². The fourth-order valence-electron chi connectivity index (χ4n) is 2.20. The molecule has 0 amide bonds. The van der Waals surface area contributed by atoms with Gasteiger partial charge in [-0.25, -0.2) is 0 Å². The van der Waals surface area contributed by atoms with Crippen molar-refractivity contribution in [2.75, 3.05) is 6.54 Å². The van der Waals surface area contributed by atoms with Gasteiger partial charge in [0.05, 0.1) is 0 Å². The SMILES string of the molecule is CCN=C(c1cccc2ccccc12)C(C)C. The van der Waals surface area contributed by atoms with E-state index in [1.54, 1.807) is 0 Å². The highest BCUT2D eigenvalue weighted by Crippen LogP contribution is 2.21. The molecule has 0 N–H and O–H groups in total. The first-order valence-electron chi connectivity index (χ1n) is 6.26. The molecule has 17 heavy (non-hydrogen) atoms. The summed E-state index contributed by atoms with van der Waals surface area (Å²) < 4.78 is 0. The van der Waals surface area contributed by atoms with E-state index >= 15 is 0 Å². The smallest absolute Gasteiger partial charge is 0.0452 e. The fraction of sp³-hybridized carbons (Fsp3) is 0.312. The van der Waals surface area contributed by atoms with Crippen LogP contribution in [0.2, 0.25) is 0 Å². The Morgan fingerprint density at radius 3 is 2.47 bits per heavy atom. The third-order valence-corrected chi connectivity index (χ3v) is 2.94. The van der Waals surface area contributed by atoms with Crippen molar-refractivity contribution >= 4 is 16.5 Å². The standard InChI is InChI=1S/C16H19N/c1-4-17-16(12(2)3)15-11-7-9-13-8-5-6-10-14(13)15/h5-12H,4H2,1-3H3. The van der Waals surface area contributed by atoms with Crippen LogP contribution in [0.3, 0.4) is 0 Å². The molecular weight excluding hydrogens is 206 g/mol. The predicted molar refractivity (Wildman–Crippen MR) is 75.9 cm³/mol. The Labute approximate surface area is 103 Å². The van der Waals surface area contributed by atoms with Gasteiger partial charge >= 0.3 is 0 Å². The average Bonchev–Trinajstić information content (AvgIpc) is 2.35. The summed E-state index contributed by atoms with van der Waals surface area (Å²) >= 11 is 0. The van der Waals surface area contributed by atoms with E-state index in [1.807, 2.05) is 0 Å². The molecule has 2 aromatic rings. The minimum Gasteiger partial charge on any atom is -0.289 e. The van der Waals surface area contributed by atoms with Crippen molar-refractivity contribution < 1.29 is 0 Å². The van der Waals surface area contributed by atoms with Crippen molar-refractivity contribution in [2.24, 2.45) is 10.9 Å². The largest absolute Gasteiger partial charge is 0.289 e. The van der Waals surface area contributed by atoms with Crippen LogP contribution in [0.1, 0.15) is 26.3 Å². The minimum atomic E-state index is 0.459. The Bertz CT molecular complexity index is 533. The Morgan fingerprint density at radius 1 is 1.06 bits per heavy atom. The Hall–Kier alpha value is -1.63. The van der Waals surface area contributed by atoms with E-state index in [2.05, 4.69) is 68.2 Å². The van der Waals surface area contributed by atoms with Crippen LogP contribution in [-0.2, 0) is 0 Å². The quantitative estimate of drug-likeness (QED) is 0.690. The second kappa shape index (κ2) is 5.13. The van der Waals surface area contributed by atoms with E-state index in [-0.39, 0.29) is 0 Å². The molecule has 1 nitrogen and oxygen atoms in total. The number of nitrogens with zero attached hydrogens (tertiary/aromatic N) is 1. The maximum atomic E-state index is 4.66. The lowest BCUT2D eigenvalue weighted by molar-refractivity contribution is 0.874. The number of benzene rings is 2. The van der Waals surface area contributed by atoms with Gasteiger partial charge < -0.3 is 0 Å². The maximum Gasteiger partial charge on any atom is 0.0452 e. The lowest BCUT2D eigenvalue weighted by atomic mass is 9.94. The van der Waals surface area contributed by atoms with Gasteiger partial charge in [-0.15, -0.1) is 0 Å². The molecule has 2 rings (SSSR count). The summed E-state index contributed by atoms with van der Waals surface area (Å²) in [6, 6.07) is 15.0. The predicted octanol–water partition coefficient (Wildman–Crippen LogP) is 4.30. The Kier molecular flexibility index (Phi) is 3.58. The van der Waals surface area contributed by atoms with Crippen LogP contribution in [0.4, 0.5) is 0 Å². The summed E-state index contributed by atoms with van der Waals surface area (Å²) in [5.74, 6) is 0.459. The number of aliphatic imine (C=N–C) groups is 1. The highest BCUT2D eigenvalue weighted by Gasteiger charge is 2.10. The molecule has 0 aliphatic heterocycles. The molecule has 0 spiro atoms. The molecule has 0 heterocycles. The van der Waals surface area contributed by atoms with Gasteiger partial charge in [0.1, 0.15) is 0 Å². The van der Waals surface area contributed by atoms with Crippen LogP contribution in [0.25, 0.3) is 10.8 Å².